The fourth-order valence-electron chi connectivity index (χ4n) is 2.67. The fraction of sp³-hybridized carbons (Fsp3) is 0.588. The van der Waals surface area contributed by atoms with Gasteiger partial charge in [-0.25, -0.2) is 0 Å². The third kappa shape index (κ3) is 5.36. The highest BCUT2D eigenvalue weighted by Gasteiger charge is 2.17. The largest absolute Gasteiger partial charge is 0.325 e. The number of hydrogen-bond donors (Lipinski definition) is 2. The average molecular weight is 306 g/mol. The predicted octanol–water partition coefficient (Wildman–Crippen LogP) is 4.03. The SMILES string of the molecule is CC(C)CC(N)C(=O)Nc1ccc(SC2CCCC2)cc1. The van der Waals surface area contributed by atoms with Crippen molar-refractivity contribution in [1.82, 2.24) is 0 Å². The van der Waals surface area contributed by atoms with E-state index in [1.165, 1.54) is 30.6 Å². The predicted molar refractivity (Wildman–Crippen MR) is 90.6 cm³/mol. The fourth-order valence-corrected chi connectivity index (χ4v) is 3.91. The summed E-state index contributed by atoms with van der Waals surface area (Å²) in [7, 11) is 0. The number of nitrogens with one attached hydrogen (secondary N) is 1. The molecule has 1 aliphatic rings. The highest BCUT2D eigenvalue weighted by atomic mass is 32.2. The Hall–Kier alpha value is -1.00. The normalized spacial score (nSPS) is 17.1. The van der Waals surface area contributed by atoms with Crippen molar-refractivity contribution in [2.24, 2.45) is 11.7 Å². The quantitative estimate of drug-likeness (QED) is 0.834. The maximum absolute atomic E-state index is 12.0. The lowest BCUT2D eigenvalue weighted by Gasteiger charge is -2.14. The second-order valence-corrected chi connectivity index (χ2v) is 7.65. The van der Waals surface area contributed by atoms with Gasteiger partial charge in [-0.3, -0.25) is 4.79 Å². The van der Waals surface area contributed by atoms with Gasteiger partial charge < -0.3 is 11.1 Å². The molecule has 0 bridgehead atoms. The van der Waals surface area contributed by atoms with Gasteiger partial charge in [0, 0.05) is 15.8 Å². The molecule has 1 atom stereocenters. The molecule has 2 rings (SSSR count). The van der Waals surface area contributed by atoms with Crippen LogP contribution in [0.15, 0.2) is 29.2 Å². The monoisotopic (exact) mass is 306 g/mol. The number of anilines is 1. The van der Waals surface area contributed by atoms with E-state index in [2.05, 4.69) is 31.3 Å². The van der Waals surface area contributed by atoms with Gasteiger partial charge in [-0.2, -0.15) is 0 Å². The second-order valence-electron chi connectivity index (χ2n) is 6.27. The van der Waals surface area contributed by atoms with Crippen LogP contribution in [0.25, 0.3) is 0 Å². The molecule has 4 heteroatoms. The molecule has 0 saturated heterocycles. The highest BCUT2D eigenvalue weighted by molar-refractivity contribution is 8.00. The van der Waals surface area contributed by atoms with E-state index in [0.717, 1.165) is 10.9 Å². The van der Waals surface area contributed by atoms with E-state index in [-0.39, 0.29) is 5.91 Å². The molecule has 3 N–H and O–H groups in total. The van der Waals surface area contributed by atoms with E-state index < -0.39 is 6.04 Å². The van der Waals surface area contributed by atoms with Crippen molar-refractivity contribution < 1.29 is 4.79 Å². The van der Waals surface area contributed by atoms with Gasteiger partial charge in [0.15, 0.2) is 0 Å². The summed E-state index contributed by atoms with van der Waals surface area (Å²) < 4.78 is 0. The Kier molecular flexibility index (Phi) is 6.12. The van der Waals surface area contributed by atoms with E-state index in [1.54, 1.807) is 0 Å². The van der Waals surface area contributed by atoms with Gasteiger partial charge in [-0.1, -0.05) is 26.7 Å². The lowest BCUT2D eigenvalue weighted by Crippen LogP contribution is -2.36. The van der Waals surface area contributed by atoms with Crippen LogP contribution < -0.4 is 11.1 Å². The molecule has 1 aliphatic carbocycles. The maximum atomic E-state index is 12.0. The molecule has 1 fully saturated rings. The molecule has 0 aliphatic heterocycles. The van der Waals surface area contributed by atoms with Crippen LogP contribution in [0.4, 0.5) is 5.69 Å². The molecule has 0 aromatic heterocycles. The van der Waals surface area contributed by atoms with E-state index in [4.69, 9.17) is 5.73 Å². The number of hydrogen-bond acceptors (Lipinski definition) is 3. The van der Waals surface area contributed by atoms with Gasteiger partial charge in [0.25, 0.3) is 0 Å². The first-order valence-electron chi connectivity index (χ1n) is 7.88. The van der Waals surface area contributed by atoms with Gasteiger partial charge in [-0.05, 0) is 49.4 Å². The summed E-state index contributed by atoms with van der Waals surface area (Å²) in [5.41, 5.74) is 6.72. The number of thioether (sulfide) groups is 1. The van der Waals surface area contributed by atoms with Crippen LogP contribution in [-0.4, -0.2) is 17.2 Å². The number of carbonyl (C=O) groups excluding carboxylic acids is 1. The molecule has 1 unspecified atom stereocenters. The van der Waals surface area contributed by atoms with Crippen molar-refractivity contribution in [3.8, 4) is 0 Å². The van der Waals surface area contributed by atoms with Crippen LogP contribution in [0, 0.1) is 5.92 Å². The molecule has 0 radical (unpaired) electrons. The zero-order valence-electron chi connectivity index (χ0n) is 13.0. The van der Waals surface area contributed by atoms with Crippen molar-refractivity contribution in [1.29, 1.82) is 0 Å². The molecular weight excluding hydrogens is 280 g/mol. The number of rotatable bonds is 6. The minimum Gasteiger partial charge on any atom is -0.325 e. The highest BCUT2D eigenvalue weighted by Crippen LogP contribution is 2.34. The number of carbonyl (C=O) groups is 1. The van der Waals surface area contributed by atoms with Crippen LogP contribution in [0.3, 0.4) is 0 Å². The van der Waals surface area contributed by atoms with Crippen molar-refractivity contribution in [2.75, 3.05) is 5.32 Å². The zero-order chi connectivity index (χ0) is 15.2. The molecule has 0 spiro atoms. The van der Waals surface area contributed by atoms with Crippen molar-refractivity contribution in [2.45, 2.75) is 62.1 Å². The smallest absolute Gasteiger partial charge is 0.241 e. The van der Waals surface area contributed by atoms with Crippen LogP contribution >= 0.6 is 11.8 Å². The van der Waals surface area contributed by atoms with Gasteiger partial charge >= 0.3 is 0 Å². The Balaban J connectivity index is 1.85. The summed E-state index contributed by atoms with van der Waals surface area (Å²) in [6.07, 6.45) is 6.08. The summed E-state index contributed by atoms with van der Waals surface area (Å²) in [5, 5.41) is 3.66. The molecule has 21 heavy (non-hydrogen) atoms. The second kappa shape index (κ2) is 7.85. The molecule has 1 aromatic carbocycles. The molecular formula is C17H26N2OS. The zero-order valence-corrected chi connectivity index (χ0v) is 13.8. The lowest BCUT2D eigenvalue weighted by atomic mass is 10.0. The van der Waals surface area contributed by atoms with Gasteiger partial charge in [0.2, 0.25) is 5.91 Å². The molecule has 0 heterocycles. The van der Waals surface area contributed by atoms with Gasteiger partial charge in [-0.15, -0.1) is 11.8 Å². The molecule has 1 aromatic rings. The summed E-state index contributed by atoms with van der Waals surface area (Å²) in [5.74, 6) is 0.329. The van der Waals surface area contributed by atoms with Crippen molar-refractivity contribution in [3.63, 3.8) is 0 Å². The Morgan fingerprint density at radius 1 is 1.29 bits per heavy atom. The van der Waals surface area contributed by atoms with Gasteiger partial charge in [0.1, 0.15) is 0 Å². The van der Waals surface area contributed by atoms with E-state index in [0.29, 0.717) is 12.3 Å². The Labute approximate surface area is 132 Å². The lowest BCUT2D eigenvalue weighted by molar-refractivity contribution is -0.117. The minimum atomic E-state index is -0.433. The van der Waals surface area contributed by atoms with Crippen LogP contribution in [0.5, 0.6) is 0 Å². The summed E-state index contributed by atoms with van der Waals surface area (Å²) in [4.78, 5) is 13.3. The van der Waals surface area contributed by atoms with Crippen LogP contribution in [0.2, 0.25) is 0 Å². The number of nitrogens with two attached hydrogens (primary N) is 1. The van der Waals surface area contributed by atoms with E-state index >= 15 is 0 Å². The first-order valence-corrected chi connectivity index (χ1v) is 8.75. The topological polar surface area (TPSA) is 55.1 Å². The minimum absolute atomic E-state index is 0.0973. The molecule has 3 nitrogen and oxygen atoms in total. The van der Waals surface area contributed by atoms with E-state index in [1.807, 2.05) is 23.9 Å². The summed E-state index contributed by atoms with van der Waals surface area (Å²) >= 11 is 1.96. The average Bonchev–Trinajstić information content (AvgIpc) is 2.93. The van der Waals surface area contributed by atoms with E-state index in [9.17, 15) is 4.79 Å². The molecule has 1 saturated carbocycles. The third-order valence-electron chi connectivity index (χ3n) is 3.79. The van der Waals surface area contributed by atoms with Gasteiger partial charge in [0.05, 0.1) is 6.04 Å². The molecule has 1 amide bonds. The third-order valence-corrected chi connectivity index (χ3v) is 5.14. The Morgan fingerprint density at radius 2 is 1.90 bits per heavy atom. The number of amides is 1. The first kappa shape index (κ1) is 16.4. The summed E-state index contributed by atoms with van der Waals surface area (Å²) in [6.45, 7) is 4.14. The first-order chi connectivity index (χ1) is 10.0. The summed E-state index contributed by atoms with van der Waals surface area (Å²) in [6, 6.07) is 7.69. The Morgan fingerprint density at radius 3 is 2.48 bits per heavy atom. The standard InChI is InChI=1S/C17H26N2OS/c1-12(2)11-16(18)17(20)19-13-7-9-15(10-8-13)21-14-5-3-4-6-14/h7-10,12,14,16H,3-6,11,18H2,1-2H3,(H,19,20). The Bertz CT molecular complexity index is 452. The van der Waals surface area contributed by atoms with Crippen molar-refractivity contribution >= 4 is 23.4 Å². The van der Waals surface area contributed by atoms with Crippen LogP contribution in [-0.2, 0) is 4.79 Å². The van der Waals surface area contributed by atoms with Crippen LogP contribution in [0.1, 0.15) is 46.0 Å². The number of benzene rings is 1. The van der Waals surface area contributed by atoms with Crippen molar-refractivity contribution in [3.05, 3.63) is 24.3 Å². The molecule has 116 valence electrons. The maximum Gasteiger partial charge on any atom is 0.241 e.